The highest BCUT2D eigenvalue weighted by Gasteiger charge is 2.13. The average molecular weight is 322 g/mol. The Morgan fingerprint density at radius 1 is 0.958 bits per heavy atom. The van der Waals surface area contributed by atoms with Gasteiger partial charge in [-0.3, -0.25) is 4.57 Å². The van der Waals surface area contributed by atoms with Crippen molar-refractivity contribution in [3.8, 4) is 0 Å². The van der Waals surface area contributed by atoms with E-state index >= 15 is 0 Å². The Hall–Kier alpha value is -2.53. The molecule has 2 heterocycles. The molecule has 0 spiro atoms. The maximum atomic E-state index is 12.3. The number of aromatic amines is 1. The lowest BCUT2D eigenvalue weighted by Gasteiger charge is -2.14. The molecule has 124 valence electrons. The van der Waals surface area contributed by atoms with E-state index in [0.717, 1.165) is 48.6 Å². The third-order valence-electron chi connectivity index (χ3n) is 4.68. The van der Waals surface area contributed by atoms with Crippen LogP contribution in [0, 0.1) is 0 Å². The van der Waals surface area contributed by atoms with E-state index in [-0.39, 0.29) is 5.69 Å². The molecule has 1 aliphatic rings. The second-order valence-corrected chi connectivity index (χ2v) is 6.35. The van der Waals surface area contributed by atoms with Gasteiger partial charge in [0, 0.05) is 24.5 Å². The van der Waals surface area contributed by atoms with Crippen LogP contribution < -0.4 is 11.0 Å². The molecule has 0 radical (unpaired) electrons. The molecule has 0 aliphatic carbocycles. The van der Waals surface area contributed by atoms with Crippen molar-refractivity contribution in [2.75, 3.05) is 25.0 Å². The summed E-state index contributed by atoms with van der Waals surface area (Å²) in [7, 11) is 0. The number of rotatable bonds is 5. The van der Waals surface area contributed by atoms with Crippen LogP contribution in [0.15, 0.2) is 53.3 Å². The van der Waals surface area contributed by atoms with Gasteiger partial charge in [0.05, 0.1) is 11.0 Å². The van der Waals surface area contributed by atoms with Gasteiger partial charge in [-0.2, -0.15) is 0 Å². The number of likely N-dealkylation sites (tertiary alicyclic amines) is 1. The van der Waals surface area contributed by atoms with E-state index in [1.807, 2.05) is 53.1 Å². The van der Waals surface area contributed by atoms with Crippen LogP contribution in [0.2, 0.25) is 0 Å². The molecule has 4 rings (SSSR count). The lowest BCUT2D eigenvalue weighted by atomic mass is 10.2. The Balaban J connectivity index is 1.56. The summed E-state index contributed by atoms with van der Waals surface area (Å²) >= 11 is 0. The lowest BCUT2D eigenvalue weighted by Crippen LogP contribution is -2.28. The zero-order chi connectivity index (χ0) is 16.4. The number of para-hydroxylation sites is 1. The van der Waals surface area contributed by atoms with Gasteiger partial charge in [-0.25, -0.2) is 4.79 Å². The topological polar surface area (TPSA) is 53.1 Å². The minimum Gasteiger partial charge on any atom is -0.355 e. The number of nitrogens with one attached hydrogen (secondary N) is 2. The first-order valence-electron chi connectivity index (χ1n) is 8.56. The van der Waals surface area contributed by atoms with Crippen LogP contribution in [-0.4, -0.2) is 34.1 Å². The second-order valence-electron chi connectivity index (χ2n) is 6.35. The normalized spacial score (nSPS) is 15.2. The van der Waals surface area contributed by atoms with Gasteiger partial charge in [-0.15, -0.1) is 0 Å². The minimum atomic E-state index is -0.0268. The summed E-state index contributed by atoms with van der Waals surface area (Å²) in [6.07, 6.45) is 2.55. The Kier molecular flexibility index (Phi) is 4.09. The molecule has 1 aliphatic heterocycles. The van der Waals surface area contributed by atoms with Crippen LogP contribution in [0.4, 0.5) is 11.4 Å². The number of aromatic nitrogens is 2. The third-order valence-corrected chi connectivity index (χ3v) is 4.68. The van der Waals surface area contributed by atoms with E-state index in [1.54, 1.807) is 0 Å². The Morgan fingerprint density at radius 2 is 1.75 bits per heavy atom. The number of benzene rings is 2. The van der Waals surface area contributed by atoms with Crippen LogP contribution >= 0.6 is 0 Å². The number of anilines is 2. The predicted octanol–water partition coefficient (Wildman–Crippen LogP) is 3.17. The van der Waals surface area contributed by atoms with Crippen LogP contribution in [-0.2, 0) is 6.54 Å². The molecule has 5 heteroatoms. The average Bonchev–Trinajstić information content (AvgIpc) is 3.21. The molecule has 0 atom stereocenters. The van der Waals surface area contributed by atoms with Gasteiger partial charge in [-0.1, -0.05) is 18.2 Å². The Bertz CT molecular complexity index is 875. The molecule has 3 aromatic rings. The minimum absolute atomic E-state index is 0.0268. The van der Waals surface area contributed by atoms with Gasteiger partial charge in [0.15, 0.2) is 0 Å². The van der Waals surface area contributed by atoms with Crippen LogP contribution in [0.3, 0.4) is 0 Å². The van der Waals surface area contributed by atoms with Gasteiger partial charge in [0.2, 0.25) is 0 Å². The van der Waals surface area contributed by atoms with Gasteiger partial charge >= 0.3 is 5.69 Å². The van der Waals surface area contributed by atoms with E-state index in [0.29, 0.717) is 0 Å². The molecule has 2 aromatic carbocycles. The molecule has 1 fully saturated rings. The SMILES string of the molecule is O=c1[nH]c2cc(Nc3ccccc3)ccc2n1CCN1CCCC1. The summed E-state index contributed by atoms with van der Waals surface area (Å²) in [6.45, 7) is 3.99. The predicted molar refractivity (Wildman–Crippen MR) is 98.0 cm³/mol. The summed E-state index contributed by atoms with van der Waals surface area (Å²) in [5, 5.41) is 3.36. The van der Waals surface area contributed by atoms with Crippen molar-refractivity contribution in [2.24, 2.45) is 0 Å². The molecule has 24 heavy (non-hydrogen) atoms. The summed E-state index contributed by atoms with van der Waals surface area (Å²) in [6, 6.07) is 16.1. The quantitative estimate of drug-likeness (QED) is 0.758. The molecular formula is C19H22N4O. The van der Waals surface area contributed by atoms with Crippen LogP contribution in [0.25, 0.3) is 11.0 Å². The first kappa shape index (κ1) is 15.0. The van der Waals surface area contributed by atoms with Crippen molar-refractivity contribution in [1.29, 1.82) is 0 Å². The fourth-order valence-electron chi connectivity index (χ4n) is 3.40. The van der Waals surface area contributed by atoms with Gasteiger partial charge in [0.1, 0.15) is 0 Å². The Labute approximate surface area is 140 Å². The number of H-pyrrole nitrogens is 1. The summed E-state index contributed by atoms with van der Waals surface area (Å²) < 4.78 is 1.85. The number of nitrogens with zero attached hydrogens (tertiary/aromatic N) is 2. The lowest BCUT2D eigenvalue weighted by molar-refractivity contribution is 0.322. The number of hydrogen-bond acceptors (Lipinski definition) is 3. The molecule has 0 unspecified atom stereocenters. The molecular weight excluding hydrogens is 300 g/mol. The van der Waals surface area contributed by atoms with Crippen LogP contribution in [0.1, 0.15) is 12.8 Å². The highest BCUT2D eigenvalue weighted by molar-refractivity contribution is 5.80. The molecule has 0 amide bonds. The van der Waals surface area contributed by atoms with Gasteiger partial charge in [-0.05, 0) is 56.3 Å². The zero-order valence-electron chi connectivity index (χ0n) is 13.7. The van der Waals surface area contributed by atoms with Crippen molar-refractivity contribution in [3.63, 3.8) is 0 Å². The second kappa shape index (κ2) is 6.53. The largest absolute Gasteiger partial charge is 0.355 e. The van der Waals surface area contributed by atoms with E-state index < -0.39 is 0 Å². The third kappa shape index (κ3) is 3.08. The van der Waals surface area contributed by atoms with Gasteiger partial charge in [0.25, 0.3) is 0 Å². The van der Waals surface area contributed by atoms with Crippen molar-refractivity contribution < 1.29 is 0 Å². The van der Waals surface area contributed by atoms with E-state index in [9.17, 15) is 4.79 Å². The van der Waals surface area contributed by atoms with Crippen molar-refractivity contribution >= 4 is 22.4 Å². The highest BCUT2D eigenvalue weighted by Crippen LogP contribution is 2.20. The first-order chi connectivity index (χ1) is 11.8. The summed E-state index contributed by atoms with van der Waals surface area (Å²) in [5.41, 5.74) is 3.83. The molecule has 1 aromatic heterocycles. The molecule has 0 bridgehead atoms. The van der Waals surface area contributed by atoms with Crippen LogP contribution in [0.5, 0.6) is 0 Å². The standard InChI is InChI=1S/C19H22N4O/c24-19-21-17-14-16(20-15-6-2-1-3-7-15)8-9-18(17)23(19)13-12-22-10-4-5-11-22/h1-3,6-9,14,20H,4-5,10-13H2,(H,21,24). The van der Waals surface area contributed by atoms with Gasteiger partial charge < -0.3 is 15.2 Å². The van der Waals surface area contributed by atoms with Crippen molar-refractivity contribution in [3.05, 3.63) is 59.0 Å². The van der Waals surface area contributed by atoms with E-state index in [1.165, 1.54) is 12.8 Å². The van der Waals surface area contributed by atoms with Crippen molar-refractivity contribution in [2.45, 2.75) is 19.4 Å². The van der Waals surface area contributed by atoms with E-state index in [4.69, 9.17) is 0 Å². The Morgan fingerprint density at radius 3 is 2.54 bits per heavy atom. The fraction of sp³-hybridized carbons (Fsp3) is 0.316. The van der Waals surface area contributed by atoms with E-state index in [2.05, 4.69) is 15.2 Å². The first-order valence-corrected chi connectivity index (χ1v) is 8.56. The highest BCUT2D eigenvalue weighted by atomic mass is 16.1. The number of hydrogen-bond donors (Lipinski definition) is 2. The maximum Gasteiger partial charge on any atom is 0.326 e. The molecule has 2 N–H and O–H groups in total. The summed E-state index contributed by atoms with van der Waals surface area (Å²) in [5.74, 6) is 0. The maximum absolute atomic E-state index is 12.3. The molecule has 0 saturated carbocycles. The fourth-order valence-corrected chi connectivity index (χ4v) is 3.40. The zero-order valence-corrected chi connectivity index (χ0v) is 13.7. The molecule has 1 saturated heterocycles. The monoisotopic (exact) mass is 322 g/mol. The number of imidazole rings is 1. The number of fused-ring (bicyclic) bond motifs is 1. The summed E-state index contributed by atoms with van der Waals surface area (Å²) in [4.78, 5) is 17.7. The van der Waals surface area contributed by atoms with Crippen molar-refractivity contribution in [1.82, 2.24) is 14.5 Å². The molecule has 5 nitrogen and oxygen atoms in total. The smallest absolute Gasteiger partial charge is 0.326 e.